The van der Waals surface area contributed by atoms with Crippen molar-refractivity contribution in [3.8, 4) is 0 Å². The predicted octanol–water partition coefficient (Wildman–Crippen LogP) is 1.29. The van der Waals surface area contributed by atoms with E-state index < -0.39 is 6.10 Å². The van der Waals surface area contributed by atoms with Gasteiger partial charge in [0.25, 0.3) is 0 Å². The van der Waals surface area contributed by atoms with Gasteiger partial charge in [0.1, 0.15) is 5.82 Å². The fourth-order valence-electron chi connectivity index (χ4n) is 1.25. The Morgan fingerprint density at radius 3 is 2.75 bits per heavy atom. The van der Waals surface area contributed by atoms with E-state index in [4.69, 9.17) is 10.8 Å². The summed E-state index contributed by atoms with van der Waals surface area (Å²) >= 11 is 1.36. The maximum absolute atomic E-state index is 13.0. The number of benzene rings is 1. The summed E-state index contributed by atoms with van der Waals surface area (Å²) in [6.07, 6.45) is -0.768. The molecule has 16 heavy (non-hydrogen) atoms. The van der Waals surface area contributed by atoms with E-state index in [2.05, 4.69) is 0 Å². The van der Waals surface area contributed by atoms with E-state index in [9.17, 15) is 9.50 Å². The highest BCUT2D eigenvalue weighted by Gasteiger charge is 2.10. The van der Waals surface area contributed by atoms with Crippen molar-refractivity contribution >= 4 is 11.8 Å². The zero-order valence-electron chi connectivity index (χ0n) is 9.06. The summed E-state index contributed by atoms with van der Waals surface area (Å²) in [5, 5.41) is 17.9. The van der Waals surface area contributed by atoms with Crippen molar-refractivity contribution < 1.29 is 14.6 Å². The van der Waals surface area contributed by atoms with E-state index in [-0.39, 0.29) is 18.5 Å². The van der Waals surface area contributed by atoms with Gasteiger partial charge in [-0.2, -0.15) is 0 Å². The molecule has 3 nitrogen and oxygen atoms in total. The van der Waals surface area contributed by atoms with Crippen LogP contribution in [0.2, 0.25) is 0 Å². The SMILES string of the molecule is C[C@H](N)c1cc(F)ccc1SCC(O)CO. The predicted molar refractivity (Wildman–Crippen MR) is 62.8 cm³/mol. The standard InChI is InChI=1S/C11H16FNO2S/c1-7(13)10-4-8(12)2-3-11(10)16-6-9(15)5-14/h2-4,7,9,14-15H,5-6,13H2,1H3/t7-,9?/m0/s1. The maximum Gasteiger partial charge on any atom is 0.123 e. The highest BCUT2D eigenvalue weighted by molar-refractivity contribution is 7.99. The first-order valence-corrected chi connectivity index (χ1v) is 6.00. The molecule has 0 saturated heterocycles. The Morgan fingerprint density at radius 2 is 2.19 bits per heavy atom. The van der Waals surface area contributed by atoms with Gasteiger partial charge in [-0.25, -0.2) is 4.39 Å². The summed E-state index contributed by atoms with van der Waals surface area (Å²) in [4.78, 5) is 0.837. The van der Waals surface area contributed by atoms with Crippen LogP contribution >= 0.6 is 11.8 Å². The maximum atomic E-state index is 13.0. The van der Waals surface area contributed by atoms with E-state index in [0.717, 1.165) is 10.5 Å². The second-order valence-electron chi connectivity index (χ2n) is 3.62. The summed E-state index contributed by atoms with van der Waals surface area (Å²) in [7, 11) is 0. The van der Waals surface area contributed by atoms with Crippen LogP contribution < -0.4 is 5.73 Å². The average Bonchev–Trinajstić information content (AvgIpc) is 2.26. The Kier molecular flexibility index (Phi) is 5.21. The molecule has 90 valence electrons. The summed E-state index contributed by atoms with van der Waals surface area (Å²) < 4.78 is 13.0. The smallest absolute Gasteiger partial charge is 0.123 e. The van der Waals surface area contributed by atoms with Gasteiger partial charge in [-0.05, 0) is 30.7 Å². The lowest BCUT2D eigenvalue weighted by Crippen LogP contribution is -2.15. The number of nitrogens with two attached hydrogens (primary N) is 1. The molecule has 0 spiro atoms. The molecular formula is C11H16FNO2S. The topological polar surface area (TPSA) is 66.5 Å². The number of hydrogen-bond acceptors (Lipinski definition) is 4. The van der Waals surface area contributed by atoms with E-state index in [0.29, 0.717) is 5.75 Å². The first-order valence-electron chi connectivity index (χ1n) is 5.01. The number of thioether (sulfide) groups is 1. The van der Waals surface area contributed by atoms with Crippen LogP contribution in [0.4, 0.5) is 4.39 Å². The molecule has 5 heteroatoms. The minimum absolute atomic E-state index is 0.260. The van der Waals surface area contributed by atoms with Gasteiger partial charge in [0, 0.05) is 16.7 Å². The summed E-state index contributed by atoms with van der Waals surface area (Å²) in [6, 6.07) is 4.14. The third-order valence-electron chi connectivity index (χ3n) is 2.10. The van der Waals surface area contributed by atoms with Gasteiger partial charge in [0.05, 0.1) is 12.7 Å². The van der Waals surface area contributed by atoms with E-state index in [1.807, 2.05) is 0 Å². The lowest BCUT2D eigenvalue weighted by molar-refractivity contribution is 0.113. The fraction of sp³-hybridized carbons (Fsp3) is 0.455. The Hall–Kier alpha value is -0.620. The first kappa shape index (κ1) is 13.4. The zero-order chi connectivity index (χ0) is 12.1. The van der Waals surface area contributed by atoms with Crippen LogP contribution in [0.1, 0.15) is 18.5 Å². The molecule has 0 heterocycles. The van der Waals surface area contributed by atoms with Crippen molar-refractivity contribution in [2.45, 2.75) is 24.0 Å². The third-order valence-corrected chi connectivity index (χ3v) is 3.34. The molecule has 0 aliphatic heterocycles. The fourth-order valence-corrected chi connectivity index (χ4v) is 2.30. The van der Waals surface area contributed by atoms with Gasteiger partial charge in [-0.3, -0.25) is 0 Å². The van der Waals surface area contributed by atoms with Gasteiger partial charge in [-0.15, -0.1) is 11.8 Å². The summed E-state index contributed by atoms with van der Waals surface area (Å²) in [6.45, 7) is 1.50. The highest BCUT2D eigenvalue weighted by Crippen LogP contribution is 2.27. The van der Waals surface area contributed by atoms with Crippen LogP contribution in [0, 0.1) is 5.82 Å². The molecule has 1 aromatic carbocycles. The molecule has 0 bridgehead atoms. The zero-order valence-corrected chi connectivity index (χ0v) is 9.88. The van der Waals surface area contributed by atoms with Crippen LogP contribution in [0.3, 0.4) is 0 Å². The number of aliphatic hydroxyl groups excluding tert-OH is 2. The minimum atomic E-state index is -0.768. The second kappa shape index (κ2) is 6.20. The largest absolute Gasteiger partial charge is 0.394 e. The van der Waals surface area contributed by atoms with Crippen molar-refractivity contribution in [2.24, 2.45) is 5.73 Å². The van der Waals surface area contributed by atoms with Crippen molar-refractivity contribution in [2.75, 3.05) is 12.4 Å². The van der Waals surface area contributed by atoms with Crippen LogP contribution in [-0.2, 0) is 0 Å². The Balaban J connectivity index is 2.78. The van der Waals surface area contributed by atoms with Crippen LogP contribution in [-0.4, -0.2) is 28.7 Å². The monoisotopic (exact) mass is 245 g/mol. The Morgan fingerprint density at radius 1 is 1.50 bits per heavy atom. The Labute approximate surface area is 98.5 Å². The van der Waals surface area contributed by atoms with E-state index >= 15 is 0 Å². The van der Waals surface area contributed by atoms with E-state index in [1.54, 1.807) is 13.0 Å². The number of rotatable bonds is 5. The van der Waals surface area contributed by atoms with Gasteiger partial charge in [-0.1, -0.05) is 0 Å². The number of hydrogen-bond donors (Lipinski definition) is 3. The van der Waals surface area contributed by atoms with Gasteiger partial charge in [0.15, 0.2) is 0 Å². The molecule has 0 aliphatic carbocycles. The van der Waals surface area contributed by atoms with Gasteiger partial charge in [0.2, 0.25) is 0 Å². The van der Waals surface area contributed by atoms with Gasteiger partial charge >= 0.3 is 0 Å². The number of aliphatic hydroxyl groups is 2. The molecule has 0 saturated carbocycles. The first-order chi connectivity index (χ1) is 7.54. The molecule has 2 atom stereocenters. The molecule has 1 unspecified atom stereocenters. The average molecular weight is 245 g/mol. The lowest BCUT2D eigenvalue weighted by atomic mass is 10.1. The van der Waals surface area contributed by atoms with Crippen molar-refractivity contribution in [1.29, 1.82) is 0 Å². The molecular weight excluding hydrogens is 229 g/mol. The normalized spacial score (nSPS) is 14.8. The summed E-state index contributed by atoms with van der Waals surface area (Å²) in [5.41, 5.74) is 6.45. The van der Waals surface area contributed by atoms with Crippen LogP contribution in [0.15, 0.2) is 23.1 Å². The molecule has 4 N–H and O–H groups in total. The van der Waals surface area contributed by atoms with Gasteiger partial charge < -0.3 is 15.9 Å². The molecule has 0 fully saturated rings. The van der Waals surface area contributed by atoms with Crippen molar-refractivity contribution in [1.82, 2.24) is 0 Å². The molecule has 0 radical (unpaired) electrons. The van der Waals surface area contributed by atoms with Crippen LogP contribution in [0.5, 0.6) is 0 Å². The number of halogens is 1. The molecule has 0 amide bonds. The minimum Gasteiger partial charge on any atom is -0.394 e. The quantitative estimate of drug-likeness (QED) is 0.684. The van der Waals surface area contributed by atoms with Crippen LogP contribution in [0.25, 0.3) is 0 Å². The van der Waals surface area contributed by atoms with Crippen molar-refractivity contribution in [3.05, 3.63) is 29.6 Å². The highest BCUT2D eigenvalue weighted by atomic mass is 32.2. The lowest BCUT2D eigenvalue weighted by Gasteiger charge is -2.13. The molecule has 0 aliphatic rings. The molecule has 1 aromatic rings. The Bertz CT molecular complexity index is 347. The van der Waals surface area contributed by atoms with Crippen molar-refractivity contribution in [3.63, 3.8) is 0 Å². The molecule has 0 aromatic heterocycles. The van der Waals surface area contributed by atoms with E-state index in [1.165, 1.54) is 23.9 Å². The summed E-state index contributed by atoms with van der Waals surface area (Å²) in [5.74, 6) is 0.0429. The third kappa shape index (κ3) is 3.75. The second-order valence-corrected chi connectivity index (χ2v) is 4.68. The molecule has 1 rings (SSSR count).